The lowest BCUT2D eigenvalue weighted by Crippen LogP contribution is -2.67. The van der Waals surface area contributed by atoms with Crippen molar-refractivity contribution in [3.05, 3.63) is 60.7 Å². The highest BCUT2D eigenvalue weighted by Gasteiger charge is 2.50. The Morgan fingerprint density at radius 2 is 1.48 bits per heavy atom. The summed E-state index contributed by atoms with van der Waals surface area (Å²) in [4.78, 5) is 0. The fourth-order valence-corrected chi connectivity index (χ4v) is 8.48. The van der Waals surface area contributed by atoms with Gasteiger partial charge in [0.15, 0.2) is 0 Å². The maximum Gasteiger partial charge on any atom is 0.261 e. The largest absolute Gasteiger partial charge is 0.407 e. The highest BCUT2D eigenvalue weighted by molar-refractivity contribution is 6.99. The summed E-state index contributed by atoms with van der Waals surface area (Å²) in [5.74, 6) is -0.0679. The number of nitrogens with one attached hydrogen (secondary N) is 1. The van der Waals surface area contributed by atoms with E-state index in [1.807, 2.05) is 12.1 Å². The fourth-order valence-electron chi connectivity index (χ4n) is 3.86. The Morgan fingerprint density at radius 3 is 1.88 bits per heavy atom. The SMILES string of the molecule is CC(C)(C)[Si](OC[C@H]1CNC[C@@H]1F)(c1ccccc1)c1ccccc1. The summed E-state index contributed by atoms with van der Waals surface area (Å²) < 4.78 is 20.9. The molecule has 4 heteroatoms. The summed E-state index contributed by atoms with van der Waals surface area (Å²) in [6.07, 6.45) is -0.821. The Morgan fingerprint density at radius 1 is 0.960 bits per heavy atom. The molecule has 0 unspecified atom stereocenters. The minimum Gasteiger partial charge on any atom is -0.407 e. The molecule has 0 amide bonds. The van der Waals surface area contributed by atoms with Gasteiger partial charge in [0.25, 0.3) is 8.32 Å². The minimum atomic E-state index is -2.54. The molecule has 0 aromatic heterocycles. The van der Waals surface area contributed by atoms with Gasteiger partial charge in [0, 0.05) is 25.6 Å². The van der Waals surface area contributed by atoms with Crippen LogP contribution in [0.4, 0.5) is 4.39 Å². The maximum absolute atomic E-state index is 14.1. The molecule has 3 rings (SSSR count). The summed E-state index contributed by atoms with van der Waals surface area (Å²) in [5, 5.41) is 5.57. The molecule has 2 aromatic carbocycles. The molecule has 1 aliphatic rings. The van der Waals surface area contributed by atoms with E-state index in [-0.39, 0.29) is 11.0 Å². The molecule has 1 fully saturated rings. The second-order valence-corrected chi connectivity index (χ2v) is 12.2. The number of benzene rings is 2. The molecule has 134 valence electrons. The van der Waals surface area contributed by atoms with Crippen molar-refractivity contribution < 1.29 is 8.82 Å². The summed E-state index contributed by atoms with van der Waals surface area (Å²) in [6, 6.07) is 21.1. The third kappa shape index (κ3) is 3.57. The van der Waals surface area contributed by atoms with Crippen LogP contribution in [0.1, 0.15) is 20.8 Å². The van der Waals surface area contributed by atoms with Crippen LogP contribution in [0.15, 0.2) is 60.7 Å². The molecule has 25 heavy (non-hydrogen) atoms. The first-order chi connectivity index (χ1) is 11.9. The highest BCUT2D eigenvalue weighted by Crippen LogP contribution is 2.37. The molecule has 0 spiro atoms. The monoisotopic (exact) mass is 357 g/mol. The minimum absolute atomic E-state index is 0.0620. The lowest BCUT2D eigenvalue weighted by atomic mass is 10.1. The number of rotatable bonds is 5. The molecule has 1 aliphatic heterocycles. The average Bonchev–Trinajstić information content (AvgIpc) is 3.01. The Kier molecular flexibility index (Phi) is 5.42. The van der Waals surface area contributed by atoms with Crippen LogP contribution in [0.2, 0.25) is 5.04 Å². The third-order valence-corrected chi connectivity index (χ3v) is 10.2. The number of hydrogen-bond acceptors (Lipinski definition) is 2. The van der Waals surface area contributed by atoms with E-state index in [1.165, 1.54) is 10.4 Å². The molecular formula is C21H28FNOSi. The molecule has 0 radical (unpaired) electrons. The van der Waals surface area contributed by atoms with Gasteiger partial charge in [-0.1, -0.05) is 81.4 Å². The first kappa shape index (κ1) is 18.3. The first-order valence-electron chi connectivity index (χ1n) is 9.05. The Hall–Kier alpha value is -1.49. The number of hydrogen-bond donors (Lipinski definition) is 1. The predicted molar refractivity (Wildman–Crippen MR) is 105 cm³/mol. The Labute approximate surface area is 151 Å². The van der Waals surface area contributed by atoms with Crippen molar-refractivity contribution in [3.63, 3.8) is 0 Å². The van der Waals surface area contributed by atoms with Crippen LogP contribution in [0.5, 0.6) is 0 Å². The van der Waals surface area contributed by atoms with Gasteiger partial charge in [-0.3, -0.25) is 0 Å². The summed E-state index contributed by atoms with van der Waals surface area (Å²) >= 11 is 0. The Balaban J connectivity index is 2.05. The molecule has 0 saturated carbocycles. The van der Waals surface area contributed by atoms with E-state index in [9.17, 15) is 4.39 Å². The van der Waals surface area contributed by atoms with E-state index in [0.717, 1.165) is 0 Å². The van der Waals surface area contributed by atoms with Gasteiger partial charge in [-0.15, -0.1) is 0 Å². The van der Waals surface area contributed by atoms with Crippen LogP contribution >= 0.6 is 0 Å². The molecular weight excluding hydrogens is 329 g/mol. The maximum atomic E-state index is 14.1. The van der Waals surface area contributed by atoms with Gasteiger partial charge in [-0.2, -0.15) is 0 Å². The molecule has 2 aromatic rings. The molecule has 1 heterocycles. The lowest BCUT2D eigenvalue weighted by molar-refractivity contribution is 0.182. The van der Waals surface area contributed by atoms with Crippen molar-refractivity contribution in [2.45, 2.75) is 32.0 Å². The number of halogens is 1. The Bertz CT molecular complexity index is 632. The highest BCUT2D eigenvalue weighted by atomic mass is 28.4. The van der Waals surface area contributed by atoms with Gasteiger partial charge in [0.1, 0.15) is 6.17 Å². The average molecular weight is 358 g/mol. The topological polar surface area (TPSA) is 21.3 Å². The summed E-state index contributed by atoms with van der Waals surface area (Å²) in [7, 11) is -2.54. The third-order valence-electron chi connectivity index (χ3n) is 5.19. The smallest absolute Gasteiger partial charge is 0.261 e. The van der Waals surface area contributed by atoms with Crippen LogP contribution in [-0.2, 0) is 4.43 Å². The van der Waals surface area contributed by atoms with Crippen molar-refractivity contribution in [2.24, 2.45) is 5.92 Å². The predicted octanol–water partition coefficient (Wildman–Crippen LogP) is 3.12. The van der Waals surface area contributed by atoms with Crippen LogP contribution in [-0.4, -0.2) is 34.2 Å². The van der Waals surface area contributed by atoms with Crippen LogP contribution in [0, 0.1) is 5.92 Å². The lowest BCUT2D eigenvalue weighted by Gasteiger charge is -2.43. The van der Waals surface area contributed by atoms with Crippen molar-refractivity contribution in [1.82, 2.24) is 5.32 Å². The zero-order valence-electron chi connectivity index (χ0n) is 15.3. The van der Waals surface area contributed by atoms with Gasteiger partial charge in [0.2, 0.25) is 0 Å². The first-order valence-corrected chi connectivity index (χ1v) is 11.0. The van der Waals surface area contributed by atoms with Crippen molar-refractivity contribution in [1.29, 1.82) is 0 Å². The number of alkyl halides is 1. The van der Waals surface area contributed by atoms with Crippen LogP contribution < -0.4 is 15.7 Å². The van der Waals surface area contributed by atoms with E-state index in [4.69, 9.17) is 4.43 Å². The van der Waals surface area contributed by atoms with Gasteiger partial charge >= 0.3 is 0 Å². The van der Waals surface area contributed by atoms with E-state index >= 15 is 0 Å². The molecule has 2 atom stereocenters. The van der Waals surface area contributed by atoms with Gasteiger partial charge in [-0.05, 0) is 15.4 Å². The van der Waals surface area contributed by atoms with E-state index < -0.39 is 14.5 Å². The molecule has 2 nitrogen and oxygen atoms in total. The molecule has 0 bridgehead atoms. The molecule has 1 saturated heterocycles. The van der Waals surface area contributed by atoms with Crippen molar-refractivity contribution >= 4 is 18.7 Å². The normalized spacial score (nSPS) is 21.4. The second-order valence-electron chi connectivity index (χ2n) is 7.91. The zero-order chi connectivity index (χ0) is 17.9. The van der Waals surface area contributed by atoms with Gasteiger partial charge < -0.3 is 9.74 Å². The van der Waals surface area contributed by atoms with Crippen molar-refractivity contribution in [2.75, 3.05) is 19.7 Å². The van der Waals surface area contributed by atoms with E-state index in [2.05, 4.69) is 74.6 Å². The quantitative estimate of drug-likeness (QED) is 0.830. The van der Waals surface area contributed by atoms with E-state index in [0.29, 0.717) is 19.7 Å². The van der Waals surface area contributed by atoms with Gasteiger partial charge in [-0.25, -0.2) is 4.39 Å². The van der Waals surface area contributed by atoms with Crippen LogP contribution in [0.3, 0.4) is 0 Å². The summed E-state index contributed by atoms with van der Waals surface area (Å²) in [6.45, 7) is 8.34. The zero-order valence-corrected chi connectivity index (χ0v) is 16.3. The molecule has 1 N–H and O–H groups in total. The van der Waals surface area contributed by atoms with Crippen LogP contribution in [0.25, 0.3) is 0 Å². The van der Waals surface area contributed by atoms with E-state index in [1.54, 1.807) is 0 Å². The fraction of sp³-hybridized carbons (Fsp3) is 0.429. The molecule has 0 aliphatic carbocycles. The van der Waals surface area contributed by atoms with Crippen molar-refractivity contribution in [3.8, 4) is 0 Å². The second kappa shape index (κ2) is 7.40. The summed E-state index contributed by atoms with van der Waals surface area (Å²) in [5.41, 5.74) is 0. The standard InChI is InChI=1S/C21H28FNOSi/c1-21(2,3)25(18-10-6-4-7-11-18,19-12-8-5-9-13-19)24-16-17-14-23-15-20(17)22/h4-13,17,20,23H,14-16H2,1-3H3/t17-,20+/m1/s1. The van der Waals surface area contributed by atoms with Gasteiger partial charge in [0.05, 0.1) is 0 Å².